The first-order chi connectivity index (χ1) is 11.5. The Morgan fingerprint density at radius 2 is 1.83 bits per heavy atom. The Labute approximate surface area is 137 Å². The molecule has 0 spiro atoms. The van der Waals surface area contributed by atoms with Crippen molar-refractivity contribution in [3.05, 3.63) is 58.5 Å². The summed E-state index contributed by atoms with van der Waals surface area (Å²) >= 11 is 0. The zero-order chi connectivity index (χ0) is 16.6. The third-order valence-corrected chi connectivity index (χ3v) is 5.17. The first kappa shape index (κ1) is 13.9. The summed E-state index contributed by atoms with van der Waals surface area (Å²) in [5, 5.41) is 0. The van der Waals surface area contributed by atoms with Gasteiger partial charge in [-0.3, -0.25) is 4.79 Å². The number of carbonyl (C=O) groups is 2. The van der Waals surface area contributed by atoms with Crippen LogP contribution in [0.25, 0.3) is 0 Å². The number of hydrogen-bond acceptors (Lipinski definition) is 6. The molecule has 0 radical (unpaired) electrons. The van der Waals surface area contributed by atoms with Gasteiger partial charge in [0, 0.05) is 11.1 Å². The van der Waals surface area contributed by atoms with Crippen LogP contribution >= 0.6 is 0 Å². The Kier molecular flexibility index (Phi) is 2.52. The summed E-state index contributed by atoms with van der Waals surface area (Å²) in [6, 6.07) is 7.30. The largest absolute Gasteiger partial charge is 0.460 e. The maximum atomic E-state index is 12.8. The molecule has 0 amide bonds. The number of fused-ring (bicyclic) bond motifs is 2. The van der Waals surface area contributed by atoms with Gasteiger partial charge in [-0.25, -0.2) is 4.79 Å². The van der Waals surface area contributed by atoms with E-state index in [2.05, 4.69) is 0 Å². The molecule has 5 rings (SSSR count). The summed E-state index contributed by atoms with van der Waals surface area (Å²) in [5.74, 6) is -0.553. The smallest absolute Gasteiger partial charge is 0.342 e. The van der Waals surface area contributed by atoms with Crippen LogP contribution in [0.4, 0.5) is 0 Å². The summed E-state index contributed by atoms with van der Waals surface area (Å²) in [4.78, 5) is 25.1. The number of ether oxygens (including phenoxy) is 3. The first-order valence-corrected chi connectivity index (χ1v) is 7.80. The van der Waals surface area contributed by atoms with Gasteiger partial charge in [0.1, 0.15) is 11.8 Å². The average Bonchev–Trinajstić information content (AvgIpc) is 3.01. The minimum Gasteiger partial charge on any atom is -0.460 e. The summed E-state index contributed by atoms with van der Waals surface area (Å²) < 4.78 is 22.3. The number of furan rings is 1. The second-order valence-electron chi connectivity index (χ2n) is 6.46. The number of hydrogen-bond donors (Lipinski definition) is 0. The normalized spacial score (nSPS) is 33.3. The Morgan fingerprint density at radius 1 is 1.08 bits per heavy atom. The van der Waals surface area contributed by atoms with Crippen molar-refractivity contribution in [3.8, 4) is 0 Å². The van der Waals surface area contributed by atoms with E-state index in [1.165, 1.54) is 6.26 Å². The molecule has 24 heavy (non-hydrogen) atoms. The van der Waals surface area contributed by atoms with Crippen molar-refractivity contribution in [2.24, 2.45) is 0 Å². The van der Waals surface area contributed by atoms with Gasteiger partial charge in [0.2, 0.25) is 12.1 Å². The van der Waals surface area contributed by atoms with Crippen molar-refractivity contribution in [3.63, 3.8) is 0 Å². The molecule has 2 aromatic rings. The summed E-state index contributed by atoms with van der Waals surface area (Å²) in [7, 11) is 0. The van der Waals surface area contributed by atoms with E-state index in [0.29, 0.717) is 16.7 Å². The summed E-state index contributed by atoms with van der Waals surface area (Å²) in [6.45, 7) is 3.71. The lowest BCUT2D eigenvalue weighted by atomic mass is 9.63. The van der Waals surface area contributed by atoms with Gasteiger partial charge in [-0.1, -0.05) is 24.3 Å². The molecule has 0 saturated carbocycles. The molecular formula is C18H14O6. The van der Waals surface area contributed by atoms with Crippen molar-refractivity contribution in [1.29, 1.82) is 0 Å². The predicted octanol–water partition coefficient (Wildman–Crippen LogP) is 2.39. The predicted molar refractivity (Wildman–Crippen MR) is 79.7 cm³/mol. The van der Waals surface area contributed by atoms with E-state index in [1.807, 2.05) is 19.1 Å². The lowest BCUT2D eigenvalue weighted by molar-refractivity contribution is -0.402. The minimum atomic E-state index is -0.777. The van der Waals surface area contributed by atoms with Crippen molar-refractivity contribution in [1.82, 2.24) is 0 Å². The lowest BCUT2D eigenvalue weighted by Crippen LogP contribution is -2.60. The molecule has 2 unspecified atom stereocenters. The highest BCUT2D eigenvalue weighted by Crippen LogP contribution is 2.51. The van der Waals surface area contributed by atoms with E-state index in [9.17, 15) is 9.59 Å². The monoisotopic (exact) mass is 326 g/mol. The van der Waals surface area contributed by atoms with Crippen molar-refractivity contribution < 1.29 is 28.2 Å². The first-order valence-electron chi connectivity index (χ1n) is 7.80. The van der Waals surface area contributed by atoms with Crippen LogP contribution < -0.4 is 0 Å². The van der Waals surface area contributed by atoms with Gasteiger partial charge >= 0.3 is 5.97 Å². The number of ketones is 1. The van der Waals surface area contributed by atoms with Crippen LogP contribution in [0.2, 0.25) is 0 Å². The SMILES string of the molecule is CC1OC(C2OC(=O)c3coc4c3C2(C)c2ccccc2C4=O)O1. The van der Waals surface area contributed by atoms with Crippen LogP contribution in [0.5, 0.6) is 0 Å². The quantitative estimate of drug-likeness (QED) is 0.749. The molecule has 0 N–H and O–H groups in total. The molecule has 3 heterocycles. The van der Waals surface area contributed by atoms with Gasteiger partial charge in [-0.15, -0.1) is 0 Å². The number of carbonyl (C=O) groups excluding carboxylic acids is 2. The van der Waals surface area contributed by atoms with Gasteiger partial charge < -0.3 is 18.6 Å². The fourth-order valence-corrected chi connectivity index (χ4v) is 4.03. The molecule has 3 aliphatic rings. The van der Waals surface area contributed by atoms with E-state index in [1.54, 1.807) is 19.1 Å². The average molecular weight is 326 g/mol. The van der Waals surface area contributed by atoms with Crippen LogP contribution in [-0.4, -0.2) is 30.4 Å². The molecule has 6 heteroatoms. The third-order valence-electron chi connectivity index (χ3n) is 5.17. The summed E-state index contributed by atoms with van der Waals surface area (Å²) in [6.07, 6.45) is -0.413. The number of rotatable bonds is 1. The van der Waals surface area contributed by atoms with Crippen LogP contribution in [0.3, 0.4) is 0 Å². The Hall–Kier alpha value is -2.44. The van der Waals surface area contributed by atoms with Crippen molar-refractivity contribution in [2.75, 3.05) is 0 Å². The maximum absolute atomic E-state index is 12.8. The highest BCUT2D eigenvalue weighted by Gasteiger charge is 2.59. The Balaban J connectivity index is 1.79. The molecule has 1 aliphatic carbocycles. The van der Waals surface area contributed by atoms with Crippen LogP contribution in [0.1, 0.15) is 51.5 Å². The molecule has 0 bridgehead atoms. The molecular weight excluding hydrogens is 312 g/mol. The molecule has 2 aliphatic heterocycles. The second-order valence-corrected chi connectivity index (χ2v) is 6.46. The van der Waals surface area contributed by atoms with Gasteiger partial charge in [-0.2, -0.15) is 0 Å². The molecule has 1 fully saturated rings. The van der Waals surface area contributed by atoms with Gasteiger partial charge in [-0.05, 0) is 19.4 Å². The topological polar surface area (TPSA) is 75.0 Å². The fourth-order valence-electron chi connectivity index (χ4n) is 4.03. The van der Waals surface area contributed by atoms with Crippen molar-refractivity contribution in [2.45, 2.75) is 37.9 Å². The highest BCUT2D eigenvalue weighted by molar-refractivity contribution is 6.13. The second kappa shape index (κ2) is 4.34. The van der Waals surface area contributed by atoms with Gasteiger partial charge in [0.15, 0.2) is 18.2 Å². The zero-order valence-corrected chi connectivity index (χ0v) is 13.1. The van der Waals surface area contributed by atoms with Gasteiger partial charge in [0.25, 0.3) is 0 Å². The van der Waals surface area contributed by atoms with E-state index in [4.69, 9.17) is 18.6 Å². The van der Waals surface area contributed by atoms with Crippen LogP contribution in [-0.2, 0) is 19.6 Å². The fraction of sp³-hybridized carbons (Fsp3) is 0.333. The number of benzene rings is 1. The zero-order valence-electron chi connectivity index (χ0n) is 13.1. The maximum Gasteiger partial charge on any atom is 0.342 e. The molecule has 6 nitrogen and oxygen atoms in total. The van der Waals surface area contributed by atoms with Crippen LogP contribution in [0.15, 0.2) is 34.9 Å². The standard InChI is InChI=1S/C18H14O6/c1-8-22-17(23-8)15-18(2)11-6-4-3-5-9(11)13(19)14-12(18)10(7-21-14)16(20)24-15/h3-8,15,17H,1-2H3. The Morgan fingerprint density at radius 3 is 2.58 bits per heavy atom. The van der Waals surface area contributed by atoms with E-state index < -0.39 is 23.8 Å². The van der Waals surface area contributed by atoms with E-state index in [-0.39, 0.29) is 17.8 Å². The Bertz CT molecular complexity index is 891. The van der Waals surface area contributed by atoms with E-state index in [0.717, 1.165) is 5.56 Å². The van der Waals surface area contributed by atoms with Crippen LogP contribution in [0, 0.1) is 0 Å². The highest BCUT2D eigenvalue weighted by atomic mass is 16.9. The summed E-state index contributed by atoms with van der Waals surface area (Å²) in [5.41, 5.74) is 1.41. The molecule has 2 atom stereocenters. The number of esters is 1. The number of cyclic esters (lactones) is 1. The van der Waals surface area contributed by atoms with Crippen molar-refractivity contribution >= 4 is 11.8 Å². The minimum absolute atomic E-state index is 0.195. The molecule has 1 saturated heterocycles. The molecule has 1 aromatic heterocycles. The lowest BCUT2D eigenvalue weighted by Gasteiger charge is -2.49. The van der Waals surface area contributed by atoms with E-state index >= 15 is 0 Å². The molecule has 122 valence electrons. The van der Waals surface area contributed by atoms with Gasteiger partial charge in [0.05, 0.1) is 5.41 Å². The third kappa shape index (κ3) is 1.48. The molecule has 1 aromatic carbocycles.